The van der Waals surface area contributed by atoms with Crippen LogP contribution in [0.1, 0.15) is 59.3 Å². The summed E-state index contributed by atoms with van der Waals surface area (Å²) in [6.45, 7) is 0.770. The first-order chi connectivity index (χ1) is 18.3. The second-order valence-corrected chi connectivity index (χ2v) is 10.9. The summed E-state index contributed by atoms with van der Waals surface area (Å²) in [4.78, 5) is 54.0. The first kappa shape index (κ1) is 37.6. The van der Waals surface area contributed by atoms with Gasteiger partial charge in [-0.3, -0.25) is 32.5 Å². The maximum atomic E-state index is 12.1. The SMILES string of the molecule is CCCCCC(=O)O[C@H](CO)COP(=O)(O)OC[C@H](O)COP(=O)(O)OC[C@@H](COC(=O)CC)OC(=O)CC. The highest BCUT2D eigenvalue weighted by Crippen LogP contribution is 2.45. The number of aliphatic hydroxyl groups is 2. The fourth-order valence-electron chi connectivity index (χ4n) is 2.40. The molecule has 0 aromatic rings. The summed E-state index contributed by atoms with van der Waals surface area (Å²) in [5.74, 6) is -1.89. The molecule has 0 rings (SSSR count). The Hall–Kier alpha value is -1.45. The number of phosphoric acid groups is 2. The predicted molar refractivity (Wildman–Crippen MR) is 132 cm³/mol. The van der Waals surface area contributed by atoms with Crippen molar-refractivity contribution in [2.75, 3.05) is 39.6 Å². The molecule has 0 radical (unpaired) electrons. The zero-order valence-electron chi connectivity index (χ0n) is 22.3. The maximum Gasteiger partial charge on any atom is 0.472 e. The van der Waals surface area contributed by atoms with Gasteiger partial charge in [-0.25, -0.2) is 9.13 Å². The van der Waals surface area contributed by atoms with Crippen LogP contribution in [0.4, 0.5) is 0 Å². The first-order valence-electron chi connectivity index (χ1n) is 12.3. The van der Waals surface area contributed by atoms with E-state index < -0.39 is 91.5 Å². The minimum atomic E-state index is -4.81. The number of hydrogen-bond acceptors (Lipinski definition) is 14. The Bertz CT molecular complexity index is 822. The molecule has 18 heteroatoms. The molecule has 0 spiro atoms. The lowest BCUT2D eigenvalue weighted by Crippen LogP contribution is -2.29. The van der Waals surface area contributed by atoms with Crippen molar-refractivity contribution >= 4 is 33.6 Å². The van der Waals surface area contributed by atoms with E-state index in [1.54, 1.807) is 0 Å². The molecule has 230 valence electrons. The van der Waals surface area contributed by atoms with Gasteiger partial charge in [0.2, 0.25) is 0 Å². The third kappa shape index (κ3) is 20.1. The number of carbonyl (C=O) groups is 3. The van der Waals surface area contributed by atoms with E-state index in [1.807, 2.05) is 6.92 Å². The molecule has 39 heavy (non-hydrogen) atoms. The van der Waals surface area contributed by atoms with Crippen LogP contribution in [0, 0.1) is 0 Å². The number of aliphatic hydroxyl groups excluding tert-OH is 2. The summed E-state index contributed by atoms with van der Waals surface area (Å²) in [7, 11) is -9.59. The van der Waals surface area contributed by atoms with Gasteiger partial charge in [-0.05, 0) is 6.42 Å². The molecule has 0 aliphatic heterocycles. The monoisotopic (exact) mass is 610 g/mol. The van der Waals surface area contributed by atoms with Gasteiger partial charge in [-0.15, -0.1) is 0 Å². The Kier molecular flexibility index (Phi) is 19.7. The highest BCUT2D eigenvalue weighted by molar-refractivity contribution is 7.47. The minimum absolute atomic E-state index is 0.0129. The summed E-state index contributed by atoms with van der Waals surface area (Å²) in [5.41, 5.74) is 0. The normalized spacial score (nSPS) is 16.8. The Balaban J connectivity index is 4.56. The van der Waals surface area contributed by atoms with Crippen LogP contribution in [0.2, 0.25) is 0 Å². The third-order valence-corrected chi connectivity index (χ3v) is 6.40. The largest absolute Gasteiger partial charge is 0.472 e. The molecule has 0 aromatic carbocycles. The number of phosphoric ester groups is 2. The van der Waals surface area contributed by atoms with Gasteiger partial charge in [0.25, 0.3) is 0 Å². The smallest absolute Gasteiger partial charge is 0.462 e. The van der Waals surface area contributed by atoms with E-state index in [9.17, 15) is 43.5 Å². The van der Waals surface area contributed by atoms with Crippen LogP contribution in [0.25, 0.3) is 0 Å². The van der Waals surface area contributed by atoms with Gasteiger partial charge in [-0.2, -0.15) is 0 Å². The number of carbonyl (C=O) groups excluding carboxylic acids is 3. The van der Waals surface area contributed by atoms with Crippen molar-refractivity contribution in [1.82, 2.24) is 0 Å². The van der Waals surface area contributed by atoms with Crippen LogP contribution in [0.3, 0.4) is 0 Å². The number of unbranched alkanes of at least 4 members (excludes halogenated alkanes) is 2. The molecular formula is C21H40O16P2. The van der Waals surface area contributed by atoms with Crippen molar-refractivity contribution in [3.63, 3.8) is 0 Å². The molecule has 0 saturated carbocycles. The summed E-state index contributed by atoms with van der Waals surface area (Å²) in [6, 6.07) is 0. The fourth-order valence-corrected chi connectivity index (χ4v) is 3.98. The lowest BCUT2D eigenvalue weighted by molar-refractivity contribution is -0.160. The van der Waals surface area contributed by atoms with Gasteiger partial charge >= 0.3 is 33.6 Å². The first-order valence-corrected chi connectivity index (χ1v) is 15.3. The van der Waals surface area contributed by atoms with Crippen molar-refractivity contribution in [2.24, 2.45) is 0 Å². The lowest BCUT2D eigenvalue weighted by atomic mass is 10.2. The molecule has 0 heterocycles. The summed E-state index contributed by atoms with van der Waals surface area (Å²) < 4.78 is 57.3. The lowest BCUT2D eigenvalue weighted by Gasteiger charge is -2.21. The van der Waals surface area contributed by atoms with Crippen LogP contribution >= 0.6 is 15.6 Å². The van der Waals surface area contributed by atoms with Gasteiger partial charge in [0.15, 0.2) is 6.10 Å². The molecule has 0 aromatic heterocycles. The molecule has 0 saturated heterocycles. The Morgan fingerprint density at radius 3 is 1.67 bits per heavy atom. The van der Waals surface area contributed by atoms with E-state index in [0.717, 1.165) is 12.8 Å². The average molecular weight is 610 g/mol. The average Bonchev–Trinajstić information content (AvgIpc) is 2.90. The highest BCUT2D eigenvalue weighted by Gasteiger charge is 2.29. The number of ether oxygens (including phenoxy) is 3. The van der Waals surface area contributed by atoms with Crippen LogP contribution in [0.5, 0.6) is 0 Å². The van der Waals surface area contributed by atoms with Crippen LogP contribution < -0.4 is 0 Å². The molecule has 4 N–H and O–H groups in total. The highest BCUT2D eigenvalue weighted by atomic mass is 31.2. The Labute approximate surface area is 227 Å². The molecule has 0 bridgehead atoms. The predicted octanol–water partition coefficient (Wildman–Crippen LogP) is 1.37. The van der Waals surface area contributed by atoms with Crippen LogP contribution in [-0.4, -0.2) is 95.9 Å². The molecule has 2 unspecified atom stereocenters. The van der Waals surface area contributed by atoms with Gasteiger partial charge in [0, 0.05) is 19.3 Å². The molecule has 0 fully saturated rings. The van der Waals surface area contributed by atoms with Gasteiger partial charge in [-0.1, -0.05) is 33.6 Å². The standard InChI is InChI=1S/C21H40O16P2/c1-4-7-8-9-21(26)36-17(10-22)14-34-38(27,28)32-11-16(23)12-33-39(29,30)35-15-18(37-20(25)6-3)13-31-19(24)5-2/h16-18,22-23H,4-15H2,1-3H3,(H,27,28)(H,29,30)/t16-,17+,18+/m0/s1. The second-order valence-electron chi connectivity index (χ2n) is 8.03. The quantitative estimate of drug-likeness (QED) is 0.0554. The van der Waals surface area contributed by atoms with Crippen molar-refractivity contribution in [1.29, 1.82) is 0 Å². The van der Waals surface area contributed by atoms with Crippen molar-refractivity contribution in [3.05, 3.63) is 0 Å². The summed E-state index contributed by atoms with van der Waals surface area (Å²) >= 11 is 0. The van der Waals surface area contributed by atoms with E-state index in [0.29, 0.717) is 6.42 Å². The Morgan fingerprint density at radius 1 is 0.692 bits per heavy atom. The van der Waals surface area contributed by atoms with Gasteiger partial charge in [0.1, 0.15) is 18.8 Å². The Morgan fingerprint density at radius 2 is 1.18 bits per heavy atom. The zero-order valence-corrected chi connectivity index (χ0v) is 24.1. The van der Waals surface area contributed by atoms with E-state index in [-0.39, 0.29) is 19.3 Å². The van der Waals surface area contributed by atoms with Crippen molar-refractivity contribution in [3.8, 4) is 0 Å². The van der Waals surface area contributed by atoms with Crippen LogP contribution in [0.15, 0.2) is 0 Å². The maximum absolute atomic E-state index is 12.1. The summed E-state index contributed by atoms with van der Waals surface area (Å²) in [5, 5.41) is 19.1. The number of hydrogen-bond donors (Lipinski definition) is 4. The number of rotatable bonds is 23. The van der Waals surface area contributed by atoms with Crippen molar-refractivity contribution < 1.29 is 75.8 Å². The fraction of sp³-hybridized carbons (Fsp3) is 0.857. The van der Waals surface area contributed by atoms with Crippen molar-refractivity contribution in [2.45, 2.75) is 77.6 Å². The van der Waals surface area contributed by atoms with Crippen LogP contribution in [-0.2, 0) is 55.8 Å². The van der Waals surface area contributed by atoms with Gasteiger partial charge < -0.3 is 34.2 Å². The van der Waals surface area contributed by atoms with E-state index in [2.05, 4.69) is 13.6 Å². The second kappa shape index (κ2) is 20.4. The molecular weight excluding hydrogens is 570 g/mol. The summed E-state index contributed by atoms with van der Waals surface area (Å²) in [6.07, 6.45) is -1.69. The molecule has 0 amide bonds. The molecule has 5 atom stereocenters. The molecule has 16 nitrogen and oxygen atoms in total. The number of esters is 3. The van der Waals surface area contributed by atoms with E-state index in [1.165, 1.54) is 13.8 Å². The van der Waals surface area contributed by atoms with Gasteiger partial charge in [0.05, 0.1) is 33.0 Å². The van der Waals surface area contributed by atoms with E-state index >= 15 is 0 Å². The topological polar surface area (TPSA) is 231 Å². The van der Waals surface area contributed by atoms with E-state index in [4.69, 9.17) is 18.7 Å². The molecule has 0 aliphatic carbocycles. The third-order valence-electron chi connectivity index (χ3n) is 4.50. The minimum Gasteiger partial charge on any atom is -0.462 e. The zero-order chi connectivity index (χ0) is 29.9. The molecule has 0 aliphatic rings.